The van der Waals surface area contributed by atoms with Crippen LogP contribution in [-0.2, 0) is 20.2 Å². The van der Waals surface area contributed by atoms with Gasteiger partial charge in [0.1, 0.15) is 15.9 Å². The van der Waals surface area contributed by atoms with Gasteiger partial charge in [-0.05, 0) is 24.3 Å². The molecule has 0 saturated heterocycles. The topological polar surface area (TPSA) is 101 Å². The third-order valence-electron chi connectivity index (χ3n) is 1.36. The van der Waals surface area contributed by atoms with Crippen LogP contribution < -0.4 is 4.18 Å². The molecule has 0 radical (unpaired) electrons. The molecule has 0 unspecified atom stereocenters. The molecule has 0 fully saturated rings. The van der Waals surface area contributed by atoms with Gasteiger partial charge in [0.2, 0.25) is 0 Å². The SMILES string of the molecule is CS(=O)(=O)Oc1ccc(S(=O)(=O)[O-])cc1. The molecular formula is C7H7O6S2-. The van der Waals surface area contributed by atoms with Crippen LogP contribution in [0.1, 0.15) is 0 Å². The number of rotatable bonds is 3. The second kappa shape index (κ2) is 3.80. The van der Waals surface area contributed by atoms with Crippen molar-refractivity contribution in [3.8, 4) is 5.75 Å². The van der Waals surface area contributed by atoms with Gasteiger partial charge in [0, 0.05) is 0 Å². The Kier molecular flexibility index (Phi) is 3.03. The summed E-state index contributed by atoms with van der Waals surface area (Å²) in [7, 11) is -8.17. The van der Waals surface area contributed by atoms with Crippen molar-refractivity contribution in [1.29, 1.82) is 0 Å². The van der Waals surface area contributed by atoms with Gasteiger partial charge < -0.3 is 8.74 Å². The third kappa shape index (κ3) is 3.86. The molecule has 0 atom stereocenters. The summed E-state index contributed by atoms with van der Waals surface area (Å²) in [6.07, 6.45) is 0.852. The Hall–Kier alpha value is -1.12. The highest BCUT2D eigenvalue weighted by Gasteiger charge is 2.05. The molecule has 6 nitrogen and oxygen atoms in total. The zero-order chi connectivity index (χ0) is 11.7. The maximum Gasteiger partial charge on any atom is 0.306 e. The summed E-state index contributed by atoms with van der Waals surface area (Å²) in [6.45, 7) is 0. The second-order valence-corrected chi connectivity index (χ2v) is 5.67. The third-order valence-corrected chi connectivity index (χ3v) is 2.70. The van der Waals surface area contributed by atoms with E-state index >= 15 is 0 Å². The summed E-state index contributed by atoms with van der Waals surface area (Å²) in [5, 5.41) is 0. The first kappa shape index (κ1) is 12.0. The second-order valence-electron chi connectivity index (χ2n) is 2.71. The van der Waals surface area contributed by atoms with E-state index in [1.54, 1.807) is 0 Å². The fraction of sp³-hybridized carbons (Fsp3) is 0.143. The van der Waals surface area contributed by atoms with Gasteiger partial charge in [-0.2, -0.15) is 8.42 Å². The highest BCUT2D eigenvalue weighted by atomic mass is 32.2. The van der Waals surface area contributed by atoms with E-state index in [1.807, 2.05) is 0 Å². The summed E-state index contributed by atoms with van der Waals surface area (Å²) in [5.74, 6) is -0.0510. The fourth-order valence-corrected chi connectivity index (χ4v) is 1.77. The van der Waals surface area contributed by atoms with E-state index in [1.165, 1.54) is 0 Å². The Morgan fingerprint density at radius 1 is 1.07 bits per heavy atom. The van der Waals surface area contributed by atoms with Gasteiger partial charge in [0.05, 0.1) is 11.2 Å². The molecule has 0 bridgehead atoms. The van der Waals surface area contributed by atoms with Gasteiger partial charge in [-0.1, -0.05) is 0 Å². The van der Waals surface area contributed by atoms with E-state index < -0.39 is 25.1 Å². The van der Waals surface area contributed by atoms with Gasteiger partial charge in [0.25, 0.3) is 0 Å². The maximum absolute atomic E-state index is 10.7. The van der Waals surface area contributed by atoms with Gasteiger partial charge in [-0.25, -0.2) is 8.42 Å². The van der Waals surface area contributed by atoms with E-state index in [2.05, 4.69) is 4.18 Å². The Morgan fingerprint density at radius 3 is 1.87 bits per heavy atom. The Bertz CT molecular complexity index is 540. The van der Waals surface area contributed by atoms with Crippen LogP contribution in [0, 0.1) is 0 Å². The lowest BCUT2D eigenvalue weighted by Crippen LogP contribution is -2.06. The summed E-state index contributed by atoms with van der Waals surface area (Å²) in [4.78, 5) is -0.441. The van der Waals surface area contributed by atoms with E-state index in [9.17, 15) is 21.4 Å². The predicted octanol–water partition coefficient (Wildman–Crippen LogP) is -0.0709. The normalized spacial score (nSPS) is 12.4. The van der Waals surface area contributed by atoms with E-state index in [4.69, 9.17) is 0 Å². The van der Waals surface area contributed by atoms with Crippen LogP contribution in [0.3, 0.4) is 0 Å². The van der Waals surface area contributed by atoms with Gasteiger partial charge in [-0.3, -0.25) is 0 Å². The van der Waals surface area contributed by atoms with Crippen molar-refractivity contribution in [2.24, 2.45) is 0 Å². The fourth-order valence-electron chi connectivity index (χ4n) is 0.837. The predicted molar refractivity (Wildman–Crippen MR) is 49.9 cm³/mol. The largest absolute Gasteiger partial charge is 0.744 e. The van der Waals surface area contributed by atoms with Crippen LogP contribution in [-0.4, -0.2) is 27.6 Å². The van der Waals surface area contributed by atoms with Crippen LogP contribution in [0.2, 0.25) is 0 Å². The first-order chi connectivity index (χ1) is 6.68. The zero-order valence-corrected chi connectivity index (χ0v) is 9.21. The van der Waals surface area contributed by atoms with Crippen molar-refractivity contribution in [2.75, 3.05) is 6.26 Å². The molecule has 0 aromatic heterocycles. The Labute approximate surface area is 87.4 Å². The summed E-state index contributed by atoms with van der Waals surface area (Å²) < 4.78 is 57.3. The number of benzene rings is 1. The first-order valence-electron chi connectivity index (χ1n) is 3.64. The minimum atomic E-state index is -4.52. The molecular weight excluding hydrogens is 244 g/mol. The molecule has 0 spiro atoms. The van der Waals surface area contributed by atoms with Crippen molar-refractivity contribution in [1.82, 2.24) is 0 Å². The molecule has 15 heavy (non-hydrogen) atoms. The van der Waals surface area contributed by atoms with Gasteiger partial charge >= 0.3 is 10.1 Å². The molecule has 1 rings (SSSR count). The molecule has 1 aromatic rings. The first-order valence-corrected chi connectivity index (χ1v) is 6.86. The molecule has 0 amide bonds. The Balaban J connectivity index is 3.02. The van der Waals surface area contributed by atoms with E-state index in [0.29, 0.717) is 0 Å². The van der Waals surface area contributed by atoms with E-state index in [0.717, 1.165) is 30.5 Å². The molecule has 0 aliphatic heterocycles. The average Bonchev–Trinajstić information content (AvgIpc) is 2.00. The van der Waals surface area contributed by atoms with E-state index in [-0.39, 0.29) is 5.75 Å². The minimum Gasteiger partial charge on any atom is -0.744 e. The molecule has 0 saturated carbocycles. The Morgan fingerprint density at radius 2 is 1.53 bits per heavy atom. The van der Waals surface area contributed by atoms with Crippen LogP contribution >= 0.6 is 0 Å². The molecule has 0 heterocycles. The van der Waals surface area contributed by atoms with Crippen molar-refractivity contribution < 1.29 is 25.6 Å². The number of hydrogen-bond donors (Lipinski definition) is 0. The highest BCUT2D eigenvalue weighted by molar-refractivity contribution is 7.86. The van der Waals surface area contributed by atoms with Crippen molar-refractivity contribution in [3.05, 3.63) is 24.3 Å². The lowest BCUT2D eigenvalue weighted by atomic mass is 10.3. The van der Waals surface area contributed by atoms with Crippen LogP contribution in [0.25, 0.3) is 0 Å². The van der Waals surface area contributed by atoms with Gasteiger partial charge in [-0.15, -0.1) is 0 Å². The molecule has 8 heteroatoms. The van der Waals surface area contributed by atoms with Crippen LogP contribution in [0.5, 0.6) is 5.75 Å². The molecule has 84 valence electrons. The number of hydrogen-bond acceptors (Lipinski definition) is 6. The van der Waals surface area contributed by atoms with Crippen molar-refractivity contribution in [2.45, 2.75) is 4.90 Å². The molecule has 0 N–H and O–H groups in total. The van der Waals surface area contributed by atoms with Crippen LogP contribution in [0.4, 0.5) is 0 Å². The lowest BCUT2D eigenvalue weighted by molar-refractivity contribution is 0.463. The quantitative estimate of drug-likeness (QED) is 0.550. The monoisotopic (exact) mass is 251 g/mol. The standard InChI is InChI=1S/C7H8O6S2/c1-14(8,9)13-6-2-4-7(5-3-6)15(10,11)12/h2-5H,1H3,(H,10,11,12)/p-1. The molecule has 0 aliphatic carbocycles. The summed E-state index contributed by atoms with van der Waals surface area (Å²) >= 11 is 0. The van der Waals surface area contributed by atoms with Crippen molar-refractivity contribution >= 4 is 20.2 Å². The van der Waals surface area contributed by atoms with Crippen molar-refractivity contribution in [3.63, 3.8) is 0 Å². The lowest BCUT2D eigenvalue weighted by Gasteiger charge is -2.07. The zero-order valence-electron chi connectivity index (χ0n) is 7.58. The highest BCUT2D eigenvalue weighted by Crippen LogP contribution is 2.16. The summed E-state index contributed by atoms with van der Waals surface area (Å²) in [6, 6.07) is 4.13. The summed E-state index contributed by atoms with van der Waals surface area (Å²) in [5.41, 5.74) is 0. The van der Waals surface area contributed by atoms with Gasteiger partial charge in [0.15, 0.2) is 0 Å². The molecule has 1 aromatic carbocycles. The average molecular weight is 251 g/mol. The van der Waals surface area contributed by atoms with Crippen LogP contribution in [0.15, 0.2) is 29.2 Å². The maximum atomic E-state index is 10.7. The smallest absolute Gasteiger partial charge is 0.306 e. The minimum absolute atomic E-state index is 0.0510. The molecule has 0 aliphatic rings.